The average Bonchev–Trinajstić information content (AvgIpc) is 2.80. The fraction of sp³-hybridized carbons (Fsp3) is 0.231. The largest absolute Gasteiger partial charge is 0.240 e. The van der Waals surface area contributed by atoms with Gasteiger partial charge in [0.25, 0.3) is 0 Å². The van der Waals surface area contributed by atoms with Crippen molar-refractivity contribution >= 4 is 11.3 Å². The molecular formula is C13H11FN2S. The number of hydrogen-bond acceptors (Lipinski definition) is 3. The van der Waals surface area contributed by atoms with Gasteiger partial charge in [0.05, 0.1) is 17.7 Å². The van der Waals surface area contributed by atoms with Crippen molar-refractivity contribution < 1.29 is 4.39 Å². The number of thiazole rings is 1. The molecule has 2 rings (SSSR count). The molecule has 0 saturated heterocycles. The summed E-state index contributed by atoms with van der Waals surface area (Å²) in [4.78, 5) is 4.39. The molecule has 0 aliphatic heterocycles. The molecule has 0 aliphatic carbocycles. The molecule has 2 nitrogen and oxygen atoms in total. The summed E-state index contributed by atoms with van der Waals surface area (Å²) >= 11 is 1.45. The molecule has 0 N–H and O–H groups in total. The van der Waals surface area contributed by atoms with Crippen molar-refractivity contribution in [1.82, 2.24) is 4.98 Å². The summed E-state index contributed by atoms with van der Waals surface area (Å²) in [6.07, 6.45) is 0.743. The predicted molar refractivity (Wildman–Crippen MR) is 66.2 cm³/mol. The van der Waals surface area contributed by atoms with Gasteiger partial charge in [-0.3, -0.25) is 0 Å². The lowest BCUT2D eigenvalue weighted by Gasteiger charge is -1.99. The minimum atomic E-state index is -0.274. The van der Waals surface area contributed by atoms with E-state index in [4.69, 9.17) is 5.26 Å². The van der Waals surface area contributed by atoms with E-state index in [1.54, 1.807) is 6.07 Å². The van der Waals surface area contributed by atoms with E-state index in [-0.39, 0.29) is 11.7 Å². The predicted octanol–water partition coefficient (Wildman–Crippen LogP) is 3.97. The maximum Gasteiger partial charge on any atom is 0.123 e. The molecule has 0 fully saturated rings. The molecule has 1 atom stereocenters. The Kier molecular flexibility index (Phi) is 3.50. The van der Waals surface area contributed by atoms with Crippen molar-refractivity contribution in [3.8, 4) is 17.3 Å². The number of rotatable bonds is 3. The van der Waals surface area contributed by atoms with Gasteiger partial charge in [0.15, 0.2) is 0 Å². The van der Waals surface area contributed by atoms with Crippen molar-refractivity contribution in [2.24, 2.45) is 0 Å². The first-order valence-corrected chi connectivity index (χ1v) is 6.23. The van der Waals surface area contributed by atoms with Crippen LogP contribution in [-0.4, -0.2) is 4.98 Å². The number of aromatic nitrogens is 1. The lowest BCUT2D eigenvalue weighted by atomic mass is 10.1. The van der Waals surface area contributed by atoms with E-state index in [1.165, 1.54) is 23.5 Å². The zero-order chi connectivity index (χ0) is 12.3. The van der Waals surface area contributed by atoms with E-state index >= 15 is 0 Å². The SMILES string of the molecule is CCC(C#N)c1nc(-c2cccc(F)c2)cs1. The van der Waals surface area contributed by atoms with Crippen LogP contribution in [0.15, 0.2) is 29.6 Å². The molecule has 2 aromatic rings. The summed E-state index contributed by atoms with van der Waals surface area (Å²) < 4.78 is 13.1. The second-order valence-corrected chi connectivity index (χ2v) is 4.56. The van der Waals surface area contributed by atoms with Crippen molar-refractivity contribution in [3.05, 3.63) is 40.5 Å². The van der Waals surface area contributed by atoms with E-state index in [9.17, 15) is 4.39 Å². The molecule has 0 aliphatic rings. The topological polar surface area (TPSA) is 36.7 Å². The smallest absolute Gasteiger partial charge is 0.123 e. The van der Waals surface area contributed by atoms with Gasteiger partial charge in [-0.1, -0.05) is 19.1 Å². The second-order valence-electron chi connectivity index (χ2n) is 3.67. The van der Waals surface area contributed by atoms with Gasteiger partial charge in [0.2, 0.25) is 0 Å². The van der Waals surface area contributed by atoms with Crippen molar-refractivity contribution in [3.63, 3.8) is 0 Å². The molecule has 4 heteroatoms. The molecule has 1 aromatic heterocycles. The Morgan fingerprint density at radius 1 is 1.53 bits per heavy atom. The van der Waals surface area contributed by atoms with Gasteiger partial charge in [-0.25, -0.2) is 9.37 Å². The third kappa shape index (κ3) is 2.51. The average molecular weight is 246 g/mol. The molecule has 1 unspecified atom stereocenters. The maximum atomic E-state index is 13.1. The maximum absolute atomic E-state index is 13.1. The third-order valence-electron chi connectivity index (χ3n) is 2.50. The Balaban J connectivity index is 2.33. The summed E-state index contributed by atoms with van der Waals surface area (Å²) in [5, 5.41) is 11.6. The van der Waals surface area contributed by atoms with E-state index in [2.05, 4.69) is 11.1 Å². The fourth-order valence-electron chi connectivity index (χ4n) is 1.55. The van der Waals surface area contributed by atoms with Gasteiger partial charge < -0.3 is 0 Å². The van der Waals surface area contributed by atoms with Gasteiger partial charge in [0, 0.05) is 10.9 Å². The summed E-state index contributed by atoms with van der Waals surface area (Å²) in [6, 6.07) is 8.55. The first kappa shape index (κ1) is 11.7. The highest BCUT2D eigenvalue weighted by atomic mass is 32.1. The monoisotopic (exact) mass is 246 g/mol. The van der Waals surface area contributed by atoms with Gasteiger partial charge in [0.1, 0.15) is 10.8 Å². The number of nitrogens with zero attached hydrogens (tertiary/aromatic N) is 2. The highest BCUT2D eigenvalue weighted by Gasteiger charge is 2.13. The van der Waals surface area contributed by atoms with Crippen LogP contribution in [0, 0.1) is 17.1 Å². The van der Waals surface area contributed by atoms with Crippen LogP contribution < -0.4 is 0 Å². The second kappa shape index (κ2) is 5.07. The minimum Gasteiger partial charge on any atom is -0.240 e. The van der Waals surface area contributed by atoms with E-state index in [1.807, 2.05) is 18.4 Å². The normalized spacial score (nSPS) is 12.1. The van der Waals surface area contributed by atoms with Gasteiger partial charge >= 0.3 is 0 Å². The standard InChI is InChI=1S/C13H11FN2S/c1-2-9(7-15)13-16-12(8-17-13)10-4-3-5-11(14)6-10/h3-6,8-9H,2H2,1H3. The van der Waals surface area contributed by atoms with Gasteiger partial charge in [-0.2, -0.15) is 5.26 Å². The fourth-order valence-corrected chi connectivity index (χ4v) is 2.51. The van der Waals surface area contributed by atoms with Crippen LogP contribution >= 0.6 is 11.3 Å². The minimum absolute atomic E-state index is 0.165. The summed E-state index contributed by atoms with van der Waals surface area (Å²) in [6.45, 7) is 1.96. The molecular weight excluding hydrogens is 235 g/mol. The molecule has 17 heavy (non-hydrogen) atoms. The highest BCUT2D eigenvalue weighted by Crippen LogP contribution is 2.28. The molecule has 1 aromatic carbocycles. The van der Waals surface area contributed by atoms with E-state index < -0.39 is 0 Å². The Bertz CT molecular complexity index is 557. The molecule has 0 bridgehead atoms. The van der Waals surface area contributed by atoms with Gasteiger partial charge in [-0.05, 0) is 18.6 Å². The van der Waals surface area contributed by atoms with E-state index in [0.717, 1.165) is 22.7 Å². The van der Waals surface area contributed by atoms with Crippen molar-refractivity contribution in [1.29, 1.82) is 5.26 Å². The Hall–Kier alpha value is -1.73. The van der Waals surface area contributed by atoms with Crippen LogP contribution in [0.2, 0.25) is 0 Å². The summed E-state index contributed by atoms with van der Waals surface area (Å²) in [5.41, 5.74) is 1.48. The van der Waals surface area contributed by atoms with Crippen LogP contribution in [0.5, 0.6) is 0 Å². The number of nitriles is 1. The Labute approximate surface area is 103 Å². The quantitative estimate of drug-likeness (QED) is 0.821. The molecule has 0 spiro atoms. The highest BCUT2D eigenvalue weighted by molar-refractivity contribution is 7.10. The van der Waals surface area contributed by atoms with Crippen LogP contribution in [0.3, 0.4) is 0 Å². The summed E-state index contributed by atoms with van der Waals surface area (Å²) in [5.74, 6) is -0.438. The van der Waals surface area contributed by atoms with E-state index in [0.29, 0.717) is 0 Å². The zero-order valence-electron chi connectivity index (χ0n) is 9.35. The van der Waals surface area contributed by atoms with Gasteiger partial charge in [-0.15, -0.1) is 11.3 Å². The summed E-state index contributed by atoms with van der Waals surface area (Å²) in [7, 11) is 0. The zero-order valence-corrected chi connectivity index (χ0v) is 10.2. The number of hydrogen-bond donors (Lipinski definition) is 0. The van der Waals surface area contributed by atoms with Crippen LogP contribution in [-0.2, 0) is 0 Å². The van der Waals surface area contributed by atoms with Crippen LogP contribution in [0.25, 0.3) is 11.3 Å². The molecule has 0 amide bonds. The molecule has 1 heterocycles. The molecule has 0 saturated carbocycles. The first-order valence-electron chi connectivity index (χ1n) is 5.35. The van der Waals surface area contributed by atoms with Crippen molar-refractivity contribution in [2.45, 2.75) is 19.3 Å². The lowest BCUT2D eigenvalue weighted by molar-refractivity contribution is 0.628. The Morgan fingerprint density at radius 3 is 3.00 bits per heavy atom. The van der Waals surface area contributed by atoms with Crippen LogP contribution in [0.1, 0.15) is 24.3 Å². The van der Waals surface area contributed by atoms with Crippen molar-refractivity contribution in [2.75, 3.05) is 0 Å². The lowest BCUT2D eigenvalue weighted by Crippen LogP contribution is -1.92. The molecule has 86 valence electrons. The molecule has 0 radical (unpaired) electrons. The Morgan fingerprint density at radius 2 is 2.35 bits per heavy atom. The first-order chi connectivity index (χ1) is 8.24. The van der Waals surface area contributed by atoms with Crippen LogP contribution in [0.4, 0.5) is 4.39 Å². The third-order valence-corrected chi connectivity index (χ3v) is 3.46. The number of halogens is 1. The number of benzene rings is 1.